The first-order valence-corrected chi connectivity index (χ1v) is 7.22. The molecule has 0 aliphatic heterocycles. The van der Waals surface area contributed by atoms with Gasteiger partial charge in [-0.15, -0.1) is 0 Å². The molecule has 0 amide bonds. The topological polar surface area (TPSA) is 35.8 Å². The molecule has 0 spiro atoms. The molecule has 0 aliphatic carbocycles. The molecule has 4 heteroatoms. The number of nitriles is 1. The molecule has 2 rings (SSSR count). The Morgan fingerprint density at radius 2 is 2.05 bits per heavy atom. The van der Waals surface area contributed by atoms with Crippen LogP contribution in [0.15, 0.2) is 36.4 Å². The fraction of sp³-hybridized carbons (Fsp3) is 0.235. The molecule has 2 aromatic carbocycles. The van der Waals surface area contributed by atoms with E-state index in [4.69, 9.17) is 16.9 Å². The van der Waals surface area contributed by atoms with E-state index in [2.05, 4.69) is 12.2 Å². The third kappa shape index (κ3) is 4.04. The molecule has 0 fully saturated rings. The van der Waals surface area contributed by atoms with E-state index < -0.39 is 5.82 Å². The number of benzene rings is 2. The molecular weight excluding hydrogens is 287 g/mol. The van der Waals surface area contributed by atoms with Crippen molar-refractivity contribution in [3.05, 3.63) is 58.4 Å². The van der Waals surface area contributed by atoms with Crippen molar-refractivity contribution in [2.24, 2.45) is 0 Å². The number of nitrogens with zero attached hydrogens (tertiary/aromatic N) is 1. The normalized spacial score (nSPS) is 10.4. The molecule has 0 aliphatic rings. The van der Waals surface area contributed by atoms with Crippen molar-refractivity contribution >= 4 is 11.6 Å². The lowest BCUT2D eigenvalue weighted by Gasteiger charge is -2.09. The van der Waals surface area contributed by atoms with E-state index in [1.165, 1.54) is 12.1 Å². The molecule has 0 unspecified atom stereocenters. The average Bonchev–Trinajstić information content (AvgIpc) is 2.47. The first-order valence-electron chi connectivity index (χ1n) is 6.84. The van der Waals surface area contributed by atoms with E-state index in [9.17, 15) is 4.39 Å². The van der Waals surface area contributed by atoms with Crippen LogP contribution in [-0.4, -0.2) is 6.54 Å². The second kappa shape index (κ2) is 7.21. The maximum Gasteiger partial charge on any atom is 0.125 e. The Hall–Kier alpha value is -1.89. The molecule has 108 valence electrons. The van der Waals surface area contributed by atoms with Crippen molar-refractivity contribution in [2.45, 2.75) is 19.9 Å². The maximum atomic E-state index is 13.5. The zero-order chi connectivity index (χ0) is 15.2. The third-order valence-electron chi connectivity index (χ3n) is 3.13. The largest absolute Gasteiger partial charge is 0.313 e. The Balaban J connectivity index is 2.29. The predicted molar refractivity (Wildman–Crippen MR) is 83.6 cm³/mol. The van der Waals surface area contributed by atoms with Crippen molar-refractivity contribution in [3.63, 3.8) is 0 Å². The smallest absolute Gasteiger partial charge is 0.125 e. The van der Waals surface area contributed by atoms with Gasteiger partial charge in [-0.25, -0.2) is 4.39 Å². The monoisotopic (exact) mass is 302 g/mol. The van der Waals surface area contributed by atoms with Gasteiger partial charge in [-0.05, 0) is 48.4 Å². The second-order valence-corrected chi connectivity index (χ2v) is 5.24. The van der Waals surface area contributed by atoms with Crippen LogP contribution in [0.25, 0.3) is 11.1 Å². The van der Waals surface area contributed by atoms with Gasteiger partial charge in [0.25, 0.3) is 0 Å². The van der Waals surface area contributed by atoms with Gasteiger partial charge in [-0.3, -0.25) is 0 Å². The lowest BCUT2D eigenvalue weighted by Crippen LogP contribution is -2.13. The van der Waals surface area contributed by atoms with Gasteiger partial charge in [0.2, 0.25) is 0 Å². The van der Waals surface area contributed by atoms with Gasteiger partial charge in [0.15, 0.2) is 0 Å². The number of hydrogen-bond acceptors (Lipinski definition) is 2. The number of hydrogen-bond donors (Lipinski definition) is 1. The minimum absolute atomic E-state index is 0.287. The summed E-state index contributed by atoms with van der Waals surface area (Å²) in [4.78, 5) is 0. The fourth-order valence-electron chi connectivity index (χ4n) is 2.12. The molecule has 2 aromatic rings. The van der Waals surface area contributed by atoms with Crippen LogP contribution in [0.1, 0.15) is 24.5 Å². The standard InChI is InChI=1S/C17H16ClFN2/c1-2-5-21-11-12-3-4-16(17(18)8-12)14-6-13(10-20)7-15(19)9-14/h3-4,6-9,21H,2,5,11H2,1H3. The van der Waals surface area contributed by atoms with E-state index >= 15 is 0 Å². The fourth-order valence-corrected chi connectivity index (χ4v) is 2.43. The highest BCUT2D eigenvalue weighted by Crippen LogP contribution is 2.30. The Morgan fingerprint density at radius 1 is 1.24 bits per heavy atom. The number of rotatable bonds is 5. The minimum Gasteiger partial charge on any atom is -0.313 e. The Morgan fingerprint density at radius 3 is 2.71 bits per heavy atom. The number of nitrogens with one attached hydrogen (secondary N) is 1. The molecule has 0 saturated heterocycles. The van der Waals surface area contributed by atoms with Crippen LogP contribution in [-0.2, 0) is 6.54 Å². The molecule has 0 radical (unpaired) electrons. The second-order valence-electron chi connectivity index (χ2n) is 4.83. The molecule has 0 saturated carbocycles. The molecule has 21 heavy (non-hydrogen) atoms. The van der Waals surface area contributed by atoms with Gasteiger partial charge in [0.05, 0.1) is 11.6 Å². The summed E-state index contributed by atoms with van der Waals surface area (Å²) in [6.45, 7) is 3.81. The van der Waals surface area contributed by atoms with Gasteiger partial charge < -0.3 is 5.32 Å². The first-order chi connectivity index (χ1) is 10.1. The zero-order valence-electron chi connectivity index (χ0n) is 11.8. The van der Waals surface area contributed by atoms with Gasteiger partial charge in [0.1, 0.15) is 5.82 Å². The molecule has 0 bridgehead atoms. The summed E-state index contributed by atoms with van der Waals surface area (Å²) in [5.74, 6) is -0.436. The highest BCUT2D eigenvalue weighted by molar-refractivity contribution is 6.33. The SMILES string of the molecule is CCCNCc1ccc(-c2cc(F)cc(C#N)c2)c(Cl)c1. The summed E-state index contributed by atoms with van der Waals surface area (Å²) in [6.07, 6.45) is 1.08. The van der Waals surface area contributed by atoms with Crippen LogP contribution in [0.3, 0.4) is 0 Å². The average molecular weight is 303 g/mol. The lowest BCUT2D eigenvalue weighted by atomic mass is 10.0. The van der Waals surface area contributed by atoms with Crippen molar-refractivity contribution in [1.82, 2.24) is 5.32 Å². The Kier molecular flexibility index (Phi) is 5.32. The van der Waals surface area contributed by atoms with E-state index in [1.54, 1.807) is 6.07 Å². The summed E-state index contributed by atoms with van der Waals surface area (Å²) in [7, 11) is 0. The quantitative estimate of drug-likeness (QED) is 0.824. The highest BCUT2D eigenvalue weighted by atomic mass is 35.5. The minimum atomic E-state index is -0.436. The van der Waals surface area contributed by atoms with E-state index in [0.29, 0.717) is 10.6 Å². The van der Waals surface area contributed by atoms with Crippen LogP contribution in [0, 0.1) is 17.1 Å². The third-order valence-corrected chi connectivity index (χ3v) is 3.44. The summed E-state index contributed by atoms with van der Waals surface area (Å²) < 4.78 is 13.5. The summed E-state index contributed by atoms with van der Waals surface area (Å²) in [5.41, 5.74) is 2.71. The highest BCUT2D eigenvalue weighted by Gasteiger charge is 2.08. The van der Waals surface area contributed by atoms with Crippen LogP contribution in [0.2, 0.25) is 5.02 Å². The molecule has 2 nitrogen and oxygen atoms in total. The molecular formula is C17H16ClFN2. The van der Waals surface area contributed by atoms with Crippen LogP contribution >= 0.6 is 11.6 Å². The van der Waals surface area contributed by atoms with E-state index in [0.717, 1.165) is 30.6 Å². The molecule has 0 heterocycles. The van der Waals surface area contributed by atoms with Gasteiger partial charge in [-0.2, -0.15) is 5.26 Å². The first kappa shape index (κ1) is 15.5. The predicted octanol–water partition coefficient (Wildman–Crippen LogP) is 4.52. The molecule has 1 N–H and O–H groups in total. The maximum absolute atomic E-state index is 13.5. The summed E-state index contributed by atoms with van der Waals surface area (Å²) >= 11 is 6.29. The van der Waals surface area contributed by atoms with Gasteiger partial charge in [0, 0.05) is 17.1 Å². The number of halogens is 2. The Bertz CT molecular complexity index is 677. The van der Waals surface area contributed by atoms with Gasteiger partial charge >= 0.3 is 0 Å². The van der Waals surface area contributed by atoms with Crippen LogP contribution < -0.4 is 5.32 Å². The van der Waals surface area contributed by atoms with E-state index in [-0.39, 0.29) is 5.56 Å². The molecule has 0 atom stereocenters. The van der Waals surface area contributed by atoms with Crippen LogP contribution in [0.5, 0.6) is 0 Å². The van der Waals surface area contributed by atoms with Crippen molar-refractivity contribution in [2.75, 3.05) is 6.54 Å². The lowest BCUT2D eigenvalue weighted by molar-refractivity contribution is 0.628. The van der Waals surface area contributed by atoms with Crippen LogP contribution in [0.4, 0.5) is 4.39 Å². The summed E-state index contributed by atoms with van der Waals surface area (Å²) in [5, 5.41) is 12.8. The Labute approximate surface area is 129 Å². The van der Waals surface area contributed by atoms with Crippen molar-refractivity contribution < 1.29 is 4.39 Å². The van der Waals surface area contributed by atoms with Crippen molar-refractivity contribution in [1.29, 1.82) is 5.26 Å². The van der Waals surface area contributed by atoms with Gasteiger partial charge in [-0.1, -0.05) is 30.7 Å². The zero-order valence-corrected chi connectivity index (χ0v) is 12.5. The van der Waals surface area contributed by atoms with Crippen molar-refractivity contribution in [3.8, 4) is 17.2 Å². The molecule has 0 aromatic heterocycles. The summed E-state index contributed by atoms with van der Waals surface area (Å²) in [6, 6.07) is 11.9. The van der Waals surface area contributed by atoms with E-state index in [1.807, 2.05) is 24.3 Å².